The lowest BCUT2D eigenvalue weighted by molar-refractivity contribution is 0.489. The summed E-state index contributed by atoms with van der Waals surface area (Å²) in [4.78, 5) is 0. The van der Waals surface area contributed by atoms with Crippen LogP contribution < -0.4 is 11.3 Å². The van der Waals surface area contributed by atoms with E-state index < -0.39 is 0 Å². The molecule has 20 heavy (non-hydrogen) atoms. The Morgan fingerprint density at radius 2 is 2.20 bits per heavy atom. The largest absolute Gasteiger partial charge is 0.271 e. The number of aryl methyl sites for hydroxylation is 2. The Morgan fingerprint density at radius 1 is 1.50 bits per heavy atom. The van der Waals surface area contributed by atoms with E-state index in [1.807, 2.05) is 25.7 Å². The maximum atomic E-state index is 6.34. The number of halogens is 1. The molecule has 2 rings (SSSR count). The van der Waals surface area contributed by atoms with Crippen LogP contribution in [0.4, 0.5) is 0 Å². The SMILES string of the molecule is CCC1SCCSC1C(Cc1c(C)nn(C)c1Cl)NN. The van der Waals surface area contributed by atoms with Gasteiger partial charge >= 0.3 is 0 Å². The van der Waals surface area contributed by atoms with E-state index in [2.05, 4.69) is 29.2 Å². The molecular weight excluding hydrogens is 312 g/mol. The molecule has 0 radical (unpaired) electrons. The molecule has 114 valence electrons. The molecule has 3 N–H and O–H groups in total. The van der Waals surface area contributed by atoms with Crippen molar-refractivity contribution in [2.24, 2.45) is 12.9 Å². The number of hydrazine groups is 1. The molecule has 0 aliphatic carbocycles. The van der Waals surface area contributed by atoms with Gasteiger partial charge in [0, 0.05) is 40.7 Å². The first kappa shape index (κ1) is 16.5. The van der Waals surface area contributed by atoms with E-state index in [-0.39, 0.29) is 6.04 Å². The predicted octanol–water partition coefficient (Wildman–Crippen LogP) is 2.38. The molecule has 0 amide bonds. The van der Waals surface area contributed by atoms with Gasteiger partial charge in [0.15, 0.2) is 0 Å². The Morgan fingerprint density at radius 3 is 2.75 bits per heavy atom. The summed E-state index contributed by atoms with van der Waals surface area (Å²) in [5.74, 6) is 8.27. The van der Waals surface area contributed by atoms with Gasteiger partial charge in [-0.25, -0.2) is 0 Å². The summed E-state index contributed by atoms with van der Waals surface area (Å²) in [6.45, 7) is 4.27. The molecular formula is C13H23ClN4S2. The molecule has 1 aromatic heterocycles. The fourth-order valence-electron chi connectivity index (χ4n) is 2.71. The Labute approximate surface area is 134 Å². The van der Waals surface area contributed by atoms with Gasteiger partial charge < -0.3 is 0 Å². The van der Waals surface area contributed by atoms with Crippen LogP contribution in [0.2, 0.25) is 5.15 Å². The Bertz CT molecular complexity index is 452. The topological polar surface area (TPSA) is 55.9 Å². The summed E-state index contributed by atoms with van der Waals surface area (Å²) in [6, 6.07) is 0.234. The van der Waals surface area contributed by atoms with Crippen LogP contribution in [0, 0.1) is 6.92 Å². The molecule has 2 heterocycles. The quantitative estimate of drug-likeness (QED) is 0.639. The minimum atomic E-state index is 0.234. The minimum absolute atomic E-state index is 0.234. The number of nitrogens with zero attached hydrogens (tertiary/aromatic N) is 2. The van der Waals surface area contributed by atoms with Crippen molar-refractivity contribution in [3.05, 3.63) is 16.4 Å². The zero-order valence-electron chi connectivity index (χ0n) is 12.2. The molecule has 0 saturated carbocycles. The highest BCUT2D eigenvalue weighted by Crippen LogP contribution is 2.36. The number of nitrogens with two attached hydrogens (primary N) is 1. The number of nitrogens with one attached hydrogen (secondary N) is 1. The summed E-state index contributed by atoms with van der Waals surface area (Å²) in [7, 11) is 1.88. The number of thioether (sulfide) groups is 2. The summed E-state index contributed by atoms with van der Waals surface area (Å²) >= 11 is 10.4. The number of hydrogen-bond acceptors (Lipinski definition) is 5. The van der Waals surface area contributed by atoms with E-state index >= 15 is 0 Å². The van der Waals surface area contributed by atoms with Crippen molar-refractivity contribution in [1.82, 2.24) is 15.2 Å². The third-order valence-electron chi connectivity index (χ3n) is 3.80. The molecule has 0 spiro atoms. The maximum absolute atomic E-state index is 6.34. The molecule has 1 aromatic rings. The smallest absolute Gasteiger partial charge is 0.130 e. The van der Waals surface area contributed by atoms with Crippen molar-refractivity contribution in [3.63, 3.8) is 0 Å². The van der Waals surface area contributed by atoms with Gasteiger partial charge in [0.05, 0.1) is 5.69 Å². The average molecular weight is 335 g/mol. The Hall–Kier alpha value is 0.120. The van der Waals surface area contributed by atoms with Crippen LogP contribution in [0.3, 0.4) is 0 Å². The second kappa shape index (κ2) is 7.40. The van der Waals surface area contributed by atoms with E-state index in [4.69, 9.17) is 17.4 Å². The molecule has 1 aliphatic rings. The molecule has 3 unspecified atom stereocenters. The van der Waals surface area contributed by atoms with Crippen LogP contribution in [0.25, 0.3) is 0 Å². The van der Waals surface area contributed by atoms with Crippen LogP contribution in [0.5, 0.6) is 0 Å². The highest BCUT2D eigenvalue weighted by molar-refractivity contribution is 8.07. The van der Waals surface area contributed by atoms with Gasteiger partial charge in [0.25, 0.3) is 0 Å². The average Bonchev–Trinajstić information content (AvgIpc) is 2.70. The fraction of sp³-hybridized carbons (Fsp3) is 0.769. The number of hydrogen-bond donors (Lipinski definition) is 2. The predicted molar refractivity (Wildman–Crippen MR) is 90.6 cm³/mol. The highest BCUT2D eigenvalue weighted by Gasteiger charge is 2.32. The monoisotopic (exact) mass is 334 g/mol. The molecule has 1 saturated heterocycles. The summed E-state index contributed by atoms with van der Waals surface area (Å²) in [6.07, 6.45) is 2.02. The van der Waals surface area contributed by atoms with Crippen molar-refractivity contribution >= 4 is 35.1 Å². The molecule has 0 bridgehead atoms. The van der Waals surface area contributed by atoms with E-state index in [1.165, 1.54) is 17.9 Å². The number of aromatic nitrogens is 2. The van der Waals surface area contributed by atoms with E-state index in [0.717, 1.165) is 22.8 Å². The van der Waals surface area contributed by atoms with Crippen molar-refractivity contribution in [1.29, 1.82) is 0 Å². The van der Waals surface area contributed by atoms with Crippen molar-refractivity contribution in [3.8, 4) is 0 Å². The van der Waals surface area contributed by atoms with Crippen molar-refractivity contribution in [2.75, 3.05) is 11.5 Å². The van der Waals surface area contributed by atoms with E-state index in [1.54, 1.807) is 4.68 Å². The molecule has 1 fully saturated rings. The van der Waals surface area contributed by atoms with E-state index in [0.29, 0.717) is 10.5 Å². The lowest BCUT2D eigenvalue weighted by Gasteiger charge is -2.35. The Kier molecular flexibility index (Phi) is 6.10. The van der Waals surface area contributed by atoms with Crippen LogP contribution in [0.15, 0.2) is 0 Å². The maximum Gasteiger partial charge on any atom is 0.130 e. The summed E-state index contributed by atoms with van der Waals surface area (Å²) < 4.78 is 1.74. The lowest BCUT2D eigenvalue weighted by atomic mass is 10.0. The Balaban J connectivity index is 2.15. The molecule has 3 atom stereocenters. The summed E-state index contributed by atoms with van der Waals surface area (Å²) in [5.41, 5.74) is 5.13. The van der Waals surface area contributed by atoms with Crippen LogP contribution in [-0.4, -0.2) is 37.8 Å². The standard InChI is InChI=1S/C13H23ClN4S2/c1-4-11-12(20-6-5-19-11)10(16-15)7-9-8(2)17-18(3)13(9)14/h10-12,16H,4-7,15H2,1-3H3. The fourth-order valence-corrected chi connectivity index (χ4v) is 6.20. The van der Waals surface area contributed by atoms with Gasteiger partial charge in [-0.2, -0.15) is 28.6 Å². The second-order valence-electron chi connectivity index (χ2n) is 5.11. The summed E-state index contributed by atoms with van der Waals surface area (Å²) in [5, 5.41) is 6.30. The van der Waals surface area contributed by atoms with Crippen LogP contribution >= 0.6 is 35.1 Å². The van der Waals surface area contributed by atoms with Gasteiger partial charge in [0.1, 0.15) is 5.15 Å². The third-order valence-corrected chi connectivity index (χ3v) is 7.68. The lowest BCUT2D eigenvalue weighted by Crippen LogP contribution is -2.49. The number of rotatable bonds is 5. The normalized spacial score (nSPS) is 24.9. The van der Waals surface area contributed by atoms with Crippen LogP contribution in [-0.2, 0) is 13.5 Å². The third kappa shape index (κ3) is 3.47. The zero-order valence-corrected chi connectivity index (χ0v) is 14.6. The molecule has 4 nitrogen and oxygen atoms in total. The van der Waals surface area contributed by atoms with Crippen molar-refractivity contribution in [2.45, 2.75) is 43.2 Å². The van der Waals surface area contributed by atoms with Gasteiger partial charge in [-0.15, -0.1) is 0 Å². The first-order valence-electron chi connectivity index (χ1n) is 6.95. The highest BCUT2D eigenvalue weighted by atomic mass is 35.5. The van der Waals surface area contributed by atoms with E-state index in [9.17, 15) is 0 Å². The molecule has 1 aliphatic heterocycles. The zero-order chi connectivity index (χ0) is 14.7. The first-order valence-corrected chi connectivity index (χ1v) is 9.43. The molecule has 7 heteroatoms. The van der Waals surface area contributed by atoms with Gasteiger partial charge in [0.2, 0.25) is 0 Å². The first-order chi connectivity index (χ1) is 9.58. The minimum Gasteiger partial charge on any atom is -0.271 e. The molecule has 0 aromatic carbocycles. The van der Waals surface area contributed by atoms with Gasteiger partial charge in [-0.1, -0.05) is 18.5 Å². The van der Waals surface area contributed by atoms with Gasteiger partial charge in [-0.3, -0.25) is 16.0 Å². The second-order valence-corrected chi connectivity index (χ2v) is 8.10. The van der Waals surface area contributed by atoms with Crippen LogP contribution in [0.1, 0.15) is 24.6 Å². The van der Waals surface area contributed by atoms with Crippen molar-refractivity contribution < 1.29 is 0 Å². The van der Waals surface area contributed by atoms with Gasteiger partial charge in [-0.05, 0) is 19.8 Å².